The van der Waals surface area contributed by atoms with Gasteiger partial charge in [-0.1, -0.05) is 0 Å². The molecule has 1 fully saturated rings. The second-order valence-electron chi connectivity index (χ2n) is 5.66. The third-order valence-corrected chi connectivity index (χ3v) is 4.48. The zero-order chi connectivity index (χ0) is 12.5. The van der Waals surface area contributed by atoms with Gasteiger partial charge in [-0.3, -0.25) is 9.69 Å². The zero-order valence-corrected chi connectivity index (χ0v) is 11.6. The summed E-state index contributed by atoms with van der Waals surface area (Å²) in [5, 5.41) is 3.00. The molecule has 0 atom stereocenters. The van der Waals surface area contributed by atoms with E-state index in [2.05, 4.69) is 30.7 Å². The van der Waals surface area contributed by atoms with Gasteiger partial charge in [0.1, 0.15) is 5.69 Å². The molecule has 2 rings (SSSR count). The van der Waals surface area contributed by atoms with Gasteiger partial charge in [-0.05, 0) is 46.7 Å². The number of hydrogen-bond donors (Lipinski definition) is 0. The van der Waals surface area contributed by atoms with E-state index in [1.165, 1.54) is 0 Å². The lowest BCUT2D eigenvalue weighted by molar-refractivity contribution is 0.102. The van der Waals surface area contributed by atoms with Crippen LogP contribution in [0, 0.1) is 0 Å². The number of nitrogens with zero attached hydrogens (tertiary/aromatic N) is 2. The molecular weight excluding hydrogens is 232 g/mol. The molecule has 0 saturated carbocycles. The SMILES string of the molecule is CC(C)(C)N1CCC(c2nc(C=O)cs2)CC1. The van der Waals surface area contributed by atoms with Crippen LogP contribution in [0.25, 0.3) is 0 Å². The second-order valence-corrected chi connectivity index (χ2v) is 6.55. The van der Waals surface area contributed by atoms with E-state index in [1.54, 1.807) is 11.3 Å². The Kier molecular flexibility index (Phi) is 3.64. The van der Waals surface area contributed by atoms with Crippen molar-refractivity contribution in [1.82, 2.24) is 9.88 Å². The molecule has 0 amide bonds. The molecule has 0 aromatic carbocycles. The van der Waals surface area contributed by atoms with Gasteiger partial charge in [0, 0.05) is 16.8 Å². The first-order valence-electron chi connectivity index (χ1n) is 6.16. The predicted molar refractivity (Wildman–Crippen MR) is 70.8 cm³/mol. The molecule has 0 unspecified atom stereocenters. The Morgan fingerprint density at radius 3 is 2.53 bits per heavy atom. The fourth-order valence-electron chi connectivity index (χ4n) is 2.34. The van der Waals surface area contributed by atoms with Crippen molar-refractivity contribution in [3.8, 4) is 0 Å². The molecule has 0 bridgehead atoms. The third-order valence-electron chi connectivity index (χ3n) is 3.45. The average molecular weight is 252 g/mol. The minimum Gasteiger partial charge on any atom is -0.298 e. The van der Waals surface area contributed by atoms with Crippen LogP contribution in [0.5, 0.6) is 0 Å². The smallest absolute Gasteiger partial charge is 0.169 e. The molecule has 1 saturated heterocycles. The maximum absolute atomic E-state index is 10.6. The molecule has 1 aliphatic rings. The molecule has 0 N–H and O–H groups in total. The van der Waals surface area contributed by atoms with Crippen molar-refractivity contribution in [1.29, 1.82) is 0 Å². The molecule has 1 aromatic heterocycles. The summed E-state index contributed by atoms with van der Waals surface area (Å²) in [5.41, 5.74) is 0.852. The highest BCUT2D eigenvalue weighted by Crippen LogP contribution is 2.32. The summed E-state index contributed by atoms with van der Waals surface area (Å²) in [4.78, 5) is 17.5. The van der Waals surface area contributed by atoms with Crippen molar-refractivity contribution in [2.45, 2.75) is 45.1 Å². The first-order chi connectivity index (χ1) is 8.00. The molecule has 0 spiro atoms. The van der Waals surface area contributed by atoms with Crippen molar-refractivity contribution >= 4 is 17.6 Å². The quantitative estimate of drug-likeness (QED) is 0.759. The first-order valence-corrected chi connectivity index (χ1v) is 7.04. The van der Waals surface area contributed by atoms with Crippen molar-refractivity contribution < 1.29 is 4.79 Å². The van der Waals surface area contributed by atoms with Crippen LogP contribution in [0.3, 0.4) is 0 Å². The van der Waals surface area contributed by atoms with Crippen LogP contribution in [-0.2, 0) is 0 Å². The first kappa shape index (κ1) is 12.7. The standard InChI is InChI=1S/C13H20N2OS/c1-13(2,3)15-6-4-10(5-7-15)12-14-11(8-16)9-17-12/h8-10H,4-7H2,1-3H3. The molecule has 17 heavy (non-hydrogen) atoms. The van der Waals surface area contributed by atoms with Gasteiger partial charge in [0.25, 0.3) is 0 Å². The third kappa shape index (κ3) is 2.93. The Hall–Kier alpha value is -0.740. The summed E-state index contributed by atoms with van der Waals surface area (Å²) >= 11 is 1.63. The highest BCUT2D eigenvalue weighted by atomic mass is 32.1. The maximum Gasteiger partial charge on any atom is 0.169 e. The lowest BCUT2D eigenvalue weighted by Crippen LogP contribution is -2.45. The van der Waals surface area contributed by atoms with E-state index < -0.39 is 0 Å². The summed E-state index contributed by atoms with van der Waals surface area (Å²) in [6.45, 7) is 9.05. The van der Waals surface area contributed by atoms with E-state index in [9.17, 15) is 4.79 Å². The van der Waals surface area contributed by atoms with Crippen LogP contribution in [0.2, 0.25) is 0 Å². The van der Waals surface area contributed by atoms with Gasteiger partial charge in [-0.15, -0.1) is 11.3 Å². The van der Waals surface area contributed by atoms with Gasteiger partial charge >= 0.3 is 0 Å². The minimum absolute atomic E-state index is 0.266. The van der Waals surface area contributed by atoms with Gasteiger partial charge in [-0.2, -0.15) is 0 Å². The largest absolute Gasteiger partial charge is 0.298 e. The number of carbonyl (C=O) groups excluding carboxylic acids is 1. The number of likely N-dealkylation sites (tertiary alicyclic amines) is 1. The van der Waals surface area contributed by atoms with E-state index in [4.69, 9.17) is 0 Å². The minimum atomic E-state index is 0.266. The number of piperidine rings is 1. The van der Waals surface area contributed by atoms with Gasteiger partial charge < -0.3 is 0 Å². The number of aldehydes is 1. The molecule has 1 aliphatic heterocycles. The number of rotatable bonds is 2. The van der Waals surface area contributed by atoms with Crippen LogP contribution in [0.15, 0.2) is 5.38 Å². The van der Waals surface area contributed by atoms with Crippen molar-refractivity contribution in [2.75, 3.05) is 13.1 Å². The number of aromatic nitrogens is 1. The topological polar surface area (TPSA) is 33.2 Å². The Balaban J connectivity index is 1.97. The van der Waals surface area contributed by atoms with Crippen LogP contribution in [0.1, 0.15) is 55.0 Å². The Morgan fingerprint density at radius 1 is 1.41 bits per heavy atom. The van der Waals surface area contributed by atoms with Gasteiger partial charge in [0.2, 0.25) is 0 Å². The number of hydrogen-bond acceptors (Lipinski definition) is 4. The van der Waals surface area contributed by atoms with E-state index >= 15 is 0 Å². The molecule has 0 radical (unpaired) electrons. The molecule has 2 heterocycles. The Bertz CT molecular complexity index is 386. The molecule has 4 heteroatoms. The number of carbonyl (C=O) groups is 1. The van der Waals surface area contributed by atoms with Crippen LogP contribution in [0.4, 0.5) is 0 Å². The van der Waals surface area contributed by atoms with Crippen molar-refractivity contribution in [2.24, 2.45) is 0 Å². The molecule has 3 nitrogen and oxygen atoms in total. The highest BCUT2D eigenvalue weighted by Gasteiger charge is 2.28. The van der Waals surface area contributed by atoms with Gasteiger partial charge in [-0.25, -0.2) is 4.98 Å². The van der Waals surface area contributed by atoms with E-state index in [-0.39, 0.29) is 5.54 Å². The van der Waals surface area contributed by atoms with Gasteiger partial charge in [0.15, 0.2) is 6.29 Å². The zero-order valence-electron chi connectivity index (χ0n) is 10.8. The Labute approximate surface area is 107 Å². The maximum atomic E-state index is 10.6. The molecule has 94 valence electrons. The van der Waals surface area contributed by atoms with Crippen LogP contribution < -0.4 is 0 Å². The highest BCUT2D eigenvalue weighted by molar-refractivity contribution is 7.09. The van der Waals surface area contributed by atoms with E-state index in [1.807, 2.05) is 5.38 Å². The summed E-state index contributed by atoms with van der Waals surface area (Å²) in [5.74, 6) is 0.548. The average Bonchev–Trinajstić information content (AvgIpc) is 2.76. The second kappa shape index (κ2) is 4.86. The molecule has 0 aliphatic carbocycles. The van der Waals surface area contributed by atoms with Gasteiger partial charge in [0.05, 0.1) is 5.01 Å². The molecule has 1 aromatic rings. The molecular formula is C13H20N2OS. The fourth-order valence-corrected chi connectivity index (χ4v) is 3.28. The van der Waals surface area contributed by atoms with E-state index in [0.29, 0.717) is 11.6 Å². The fraction of sp³-hybridized carbons (Fsp3) is 0.692. The van der Waals surface area contributed by atoms with Crippen LogP contribution in [-0.4, -0.2) is 34.8 Å². The lowest BCUT2D eigenvalue weighted by Gasteiger charge is -2.40. The van der Waals surface area contributed by atoms with Crippen LogP contribution >= 0.6 is 11.3 Å². The number of thiazole rings is 1. The summed E-state index contributed by atoms with van der Waals surface area (Å²) in [7, 11) is 0. The monoisotopic (exact) mass is 252 g/mol. The van der Waals surface area contributed by atoms with Crippen molar-refractivity contribution in [3.05, 3.63) is 16.1 Å². The van der Waals surface area contributed by atoms with Crippen molar-refractivity contribution in [3.63, 3.8) is 0 Å². The summed E-state index contributed by atoms with van der Waals surface area (Å²) in [6, 6.07) is 0. The predicted octanol–water partition coefficient (Wildman–Crippen LogP) is 2.93. The van der Waals surface area contributed by atoms with E-state index in [0.717, 1.165) is 37.2 Å². The lowest BCUT2D eigenvalue weighted by atomic mass is 9.93. The normalized spacial score (nSPS) is 19.5. The summed E-state index contributed by atoms with van der Waals surface area (Å²) in [6.07, 6.45) is 3.15. The Morgan fingerprint density at radius 2 is 2.06 bits per heavy atom. The summed E-state index contributed by atoms with van der Waals surface area (Å²) < 4.78 is 0.